The van der Waals surface area contributed by atoms with Crippen molar-refractivity contribution in [2.45, 2.75) is 51.4 Å². The van der Waals surface area contributed by atoms with Crippen molar-refractivity contribution in [1.82, 2.24) is 4.31 Å². The van der Waals surface area contributed by atoms with Crippen LogP contribution in [0.2, 0.25) is 0 Å². The summed E-state index contributed by atoms with van der Waals surface area (Å²) in [7, 11) is -3.45. The van der Waals surface area contributed by atoms with Crippen molar-refractivity contribution in [3.63, 3.8) is 0 Å². The second kappa shape index (κ2) is 5.79. The van der Waals surface area contributed by atoms with Crippen LogP contribution in [0.1, 0.15) is 57.1 Å². The highest BCUT2D eigenvalue weighted by Crippen LogP contribution is 2.64. The van der Waals surface area contributed by atoms with Crippen molar-refractivity contribution in [2.75, 3.05) is 18.8 Å². The summed E-state index contributed by atoms with van der Waals surface area (Å²) >= 11 is 0. The van der Waals surface area contributed by atoms with Gasteiger partial charge in [0, 0.05) is 30.3 Å². The highest BCUT2D eigenvalue weighted by Gasteiger charge is 2.65. The predicted octanol–water partition coefficient (Wildman–Crippen LogP) is 3.77. The zero-order valence-electron chi connectivity index (χ0n) is 16.8. The normalized spacial score (nSPS) is 32.9. The van der Waals surface area contributed by atoms with Crippen LogP contribution in [0.5, 0.6) is 0 Å². The van der Waals surface area contributed by atoms with Crippen LogP contribution in [-0.2, 0) is 20.2 Å². The van der Waals surface area contributed by atoms with Crippen LogP contribution in [0.25, 0.3) is 6.08 Å². The van der Waals surface area contributed by atoms with Gasteiger partial charge in [-0.1, -0.05) is 50.3 Å². The Morgan fingerprint density at radius 1 is 1.11 bits per heavy atom. The van der Waals surface area contributed by atoms with Gasteiger partial charge in [-0.2, -0.15) is 0 Å². The van der Waals surface area contributed by atoms with Gasteiger partial charge in [0.2, 0.25) is 10.0 Å². The summed E-state index contributed by atoms with van der Waals surface area (Å²) in [6.07, 6.45) is 8.35. The Hall–Kier alpha value is -1.46. The molecule has 0 aromatic heterocycles. The van der Waals surface area contributed by atoms with E-state index in [4.69, 9.17) is 0 Å². The van der Waals surface area contributed by atoms with E-state index in [0.717, 1.165) is 25.7 Å². The standard InChI is InChI=1S/C23H29NO3S/c1-21(2)18-8-10-23(21,20(25)15-18)16-28(26,27)24-13-11-22(12-14-24)9-7-17-5-3-4-6-19(17)22/h3-7,9,18H,8,10-16H2,1-2H3/t18?,23-/m1/s1. The highest BCUT2D eigenvalue weighted by atomic mass is 32.2. The minimum Gasteiger partial charge on any atom is -0.299 e. The molecule has 1 aliphatic heterocycles. The quantitative estimate of drug-likeness (QED) is 0.777. The maximum Gasteiger partial charge on any atom is 0.215 e. The van der Waals surface area contributed by atoms with Crippen LogP contribution in [0.3, 0.4) is 0 Å². The van der Waals surface area contributed by atoms with E-state index < -0.39 is 15.4 Å². The summed E-state index contributed by atoms with van der Waals surface area (Å²) < 4.78 is 28.4. The van der Waals surface area contributed by atoms with E-state index >= 15 is 0 Å². The highest BCUT2D eigenvalue weighted by molar-refractivity contribution is 7.89. The first kappa shape index (κ1) is 18.6. The van der Waals surface area contributed by atoms with Gasteiger partial charge in [0.15, 0.2) is 0 Å². The molecule has 2 saturated carbocycles. The van der Waals surface area contributed by atoms with E-state index in [0.29, 0.717) is 25.4 Å². The molecule has 3 fully saturated rings. The van der Waals surface area contributed by atoms with Crippen molar-refractivity contribution in [3.8, 4) is 0 Å². The molecule has 0 amide bonds. The molecule has 1 spiro atoms. The van der Waals surface area contributed by atoms with Crippen molar-refractivity contribution >= 4 is 21.9 Å². The summed E-state index contributed by atoms with van der Waals surface area (Å²) in [6, 6.07) is 8.43. The number of benzene rings is 1. The van der Waals surface area contributed by atoms with Gasteiger partial charge in [-0.05, 0) is 48.1 Å². The Morgan fingerprint density at radius 2 is 1.82 bits per heavy atom. The van der Waals surface area contributed by atoms with Crippen molar-refractivity contribution in [1.29, 1.82) is 0 Å². The first-order valence-corrected chi connectivity index (χ1v) is 12.1. The lowest BCUT2D eigenvalue weighted by Crippen LogP contribution is -2.50. The van der Waals surface area contributed by atoms with Gasteiger partial charge >= 0.3 is 0 Å². The molecule has 5 rings (SSSR count). The minimum absolute atomic E-state index is 0.00175. The predicted molar refractivity (Wildman–Crippen MR) is 110 cm³/mol. The Balaban J connectivity index is 1.36. The van der Waals surface area contributed by atoms with Crippen LogP contribution >= 0.6 is 0 Å². The number of piperidine rings is 1. The smallest absolute Gasteiger partial charge is 0.215 e. The van der Waals surface area contributed by atoms with E-state index in [-0.39, 0.29) is 22.4 Å². The van der Waals surface area contributed by atoms with Crippen molar-refractivity contribution in [2.24, 2.45) is 16.7 Å². The number of allylic oxidation sites excluding steroid dienone is 1. The molecule has 150 valence electrons. The summed E-state index contributed by atoms with van der Waals surface area (Å²) in [6.45, 7) is 5.29. The summed E-state index contributed by atoms with van der Waals surface area (Å²) in [5.74, 6) is 0.528. The second-order valence-corrected chi connectivity index (χ2v) is 11.9. The topological polar surface area (TPSA) is 54.5 Å². The molecule has 1 aromatic rings. The summed E-state index contributed by atoms with van der Waals surface area (Å²) in [4.78, 5) is 12.8. The second-order valence-electron chi connectivity index (χ2n) is 9.90. The zero-order valence-corrected chi connectivity index (χ0v) is 17.6. The molecule has 0 radical (unpaired) electrons. The number of rotatable bonds is 3. The van der Waals surface area contributed by atoms with E-state index in [9.17, 15) is 13.2 Å². The number of nitrogens with zero attached hydrogens (tertiary/aromatic N) is 1. The minimum atomic E-state index is -3.45. The van der Waals surface area contributed by atoms with E-state index in [1.54, 1.807) is 4.31 Å². The molecular weight excluding hydrogens is 370 g/mol. The Kier molecular flexibility index (Phi) is 3.84. The third kappa shape index (κ3) is 2.32. The molecule has 1 unspecified atom stereocenters. The number of fused-ring (bicyclic) bond motifs is 4. The molecular formula is C23H29NO3S. The Labute approximate surface area is 168 Å². The number of ketones is 1. The lowest BCUT2D eigenvalue weighted by atomic mass is 9.70. The first-order chi connectivity index (χ1) is 13.2. The van der Waals surface area contributed by atoms with Crippen LogP contribution in [-0.4, -0.2) is 37.3 Å². The lowest BCUT2D eigenvalue weighted by Gasteiger charge is -2.41. The number of hydrogen-bond acceptors (Lipinski definition) is 3. The molecule has 4 nitrogen and oxygen atoms in total. The lowest BCUT2D eigenvalue weighted by molar-refractivity contribution is -0.128. The van der Waals surface area contributed by atoms with E-state index in [1.807, 2.05) is 0 Å². The molecule has 1 heterocycles. The first-order valence-electron chi connectivity index (χ1n) is 10.5. The fourth-order valence-corrected chi connectivity index (χ4v) is 8.77. The maximum absolute atomic E-state index is 13.4. The molecule has 4 aliphatic rings. The molecule has 3 aliphatic carbocycles. The number of carbonyl (C=O) groups excluding carboxylic acids is 1. The fourth-order valence-electron chi connectivity index (χ4n) is 6.55. The van der Waals surface area contributed by atoms with Crippen LogP contribution < -0.4 is 0 Å². The number of carbonyl (C=O) groups is 1. The average Bonchev–Trinajstić information content (AvgIpc) is 3.19. The number of sulfonamides is 1. The molecule has 1 saturated heterocycles. The van der Waals surface area contributed by atoms with Crippen molar-refractivity contribution in [3.05, 3.63) is 41.5 Å². The SMILES string of the molecule is CC1(C)C2CC[C@@]1(CS(=O)(=O)N1CCC3(C=Cc4ccccc43)CC1)C(=O)C2. The Bertz CT molecular complexity index is 969. The fraction of sp³-hybridized carbons (Fsp3) is 0.609. The van der Waals surface area contributed by atoms with Crippen molar-refractivity contribution < 1.29 is 13.2 Å². The third-order valence-corrected chi connectivity index (χ3v) is 10.7. The monoisotopic (exact) mass is 399 g/mol. The number of hydrogen-bond donors (Lipinski definition) is 0. The molecule has 2 atom stereocenters. The van der Waals surface area contributed by atoms with Gasteiger partial charge in [0.1, 0.15) is 5.78 Å². The number of Topliss-reactive ketones (excluding diaryl/α,β-unsaturated/α-hetero) is 1. The van der Waals surface area contributed by atoms with Crippen LogP contribution in [0.15, 0.2) is 30.3 Å². The van der Waals surface area contributed by atoms with Gasteiger partial charge < -0.3 is 0 Å². The van der Waals surface area contributed by atoms with E-state index in [2.05, 4.69) is 50.3 Å². The zero-order chi connectivity index (χ0) is 19.8. The molecule has 2 bridgehead atoms. The van der Waals surface area contributed by atoms with Gasteiger partial charge in [-0.3, -0.25) is 4.79 Å². The van der Waals surface area contributed by atoms with Crippen LogP contribution in [0.4, 0.5) is 0 Å². The summed E-state index contributed by atoms with van der Waals surface area (Å²) in [5, 5.41) is 0. The Morgan fingerprint density at radius 3 is 2.46 bits per heavy atom. The third-order valence-electron chi connectivity index (χ3n) is 8.66. The molecule has 0 N–H and O–H groups in total. The molecule has 1 aromatic carbocycles. The van der Waals surface area contributed by atoms with Gasteiger partial charge in [-0.25, -0.2) is 12.7 Å². The van der Waals surface area contributed by atoms with Gasteiger partial charge in [-0.15, -0.1) is 0 Å². The maximum atomic E-state index is 13.4. The average molecular weight is 400 g/mol. The van der Waals surface area contributed by atoms with Gasteiger partial charge in [0.05, 0.1) is 5.75 Å². The van der Waals surface area contributed by atoms with Gasteiger partial charge in [0.25, 0.3) is 0 Å². The largest absolute Gasteiger partial charge is 0.299 e. The molecule has 28 heavy (non-hydrogen) atoms. The van der Waals surface area contributed by atoms with E-state index in [1.165, 1.54) is 11.1 Å². The molecule has 5 heteroatoms. The van der Waals surface area contributed by atoms with Crippen LogP contribution in [0, 0.1) is 16.7 Å². The summed E-state index contributed by atoms with van der Waals surface area (Å²) in [5.41, 5.74) is 1.68.